The molecule has 0 saturated carbocycles. The Hall–Kier alpha value is -2.41. The summed E-state index contributed by atoms with van der Waals surface area (Å²) in [5, 5.41) is 10.3. The molecule has 0 radical (unpaired) electrons. The van der Waals surface area contributed by atoms with Gasteiger partial charge in [-0.05, 0) is 42.7 Å². The van der Waals surface area contributed by atoms with Crippen molar-refractivity contribution in [2.24, 2.45) is 5.73 Å². The lowest BCUT2D eigenvalue weighted by atomic mass is 9.94. The van der Waals surface area contributed by atoms with Crippen LogP contribution < -0.4 is 10.5 Å². The molecule has 29 heavy (non-hydrogen) atoms. The van der Waals surface area contributed by atoms with E-state index < -0.39 is 12.1 Å². The summed E-state index contributed by atoms with van der Waals surface area (Å²) in [5.41, 5.74) is 8.99. The number of aryl methyl sites for hydroxylation is 2. The Morgan fingerprint density at radius 2 is 1.66 bits per heavy atom. The highest BCUT2D eigenvalue weighted by atomic mass is 16.5. The summed E-state index contributed by atoms with van der Waals surface area (Å²) >= 11 is 0. The number of β-amino-alcohol motifs (C(OH)–C–C–N with tert-alkyl or cyclic N) is 1. The molecule has 2 aromatic carbocycles. The van der Waals surface area contributed by atoms with Gasteiger partial charge in [0, 0.05) is 32.7 Å². The van der Waals surface area contributed by atoms with Gasteiger partial charge in [0.25, 0.3) is 0 Å². The highest BCUT2D eigenvalue weighted by Gasteiger charge is 2.31. The Bertz CT molecular complexity index is 784. The summed E-state index contributed by atoms with van der Waals surface area (Å²) in [7, 11) is 0. The van der Waals surface area contributed by atoms with E-state index in [1.807, 2.05) is 62.4 Å². The number of hydrogen-bond donors (Lipinski definition) is 2. The SMILES string of the molecule is Cc1cccc(C)c1C(C(N)=O)N1CCN(CC(O)COc2ccccc2)CC1. The molecule has 0 aliphatic carbocycles. The van der Waals surface area contributed by atoms with Gasteiger partial charge in [-0.1, -0.05) is 36.4 Å². The van der Waals surface area contributed by atoms with Gasteiger partial charge in [-0.2, -0.15) is 0 Å². The molecule has 1 fully saturated rings. The Labute approximate surface area is 172 Å². The number of carbonyl (C=O) groups excluding carboxylic acids is 1. The van der Waals surface area contributed by atoms with Crippen molar-refractivity contribution in [1.82, 2.24) is 9.80 Å². The van der Waals surface area contributed by atoms with E-state index in [1.54, 1.807) is 0 Å². The maximum absolute atomic E-state index is 12.3. The van der Waals surface area contributed by atoms with Gasteiger partial charge in [0.15, 0.2) is 0 Å². The fourth-order valence-corrected chi connectivity index (χ4v) is 4.03. The molecule has 2 unspecified atom stereocenters. The molecular formula is C23H31N3O3. The van der Waals surface area contributed by atoms with Crippen molar-refractivity contribution in [3.63, 3.8) is 0 Å². The largest absolute Gasteiger partial charge is 0.491 e. The molecule has 0 bridgehead atoms. The molecule has 1 aliphatic rings. The summed E-state index contributed by atoms with van der Waals surface area (Å²) in [6.45, 7) is 7.87. The number of rotatable bonds is 8. The summed E-state index contributed by atoms with van der Waals surface area (Å²) in [4.78, 5) is 16.7. The average Bonchev–Trinajstić information content (AvgIpc) is 2.71. The fraction of sp³-hybridized carbons (Fsp3) is 0.435. The fourth-order valence-electron chi connectivity index (χ4n) is 4.03. The summed E-state index contributed by atoms with van der Waals surface area (Å²) < 4.78 is 5.64. The predicted octanol–water partition coefficient (Wildman–Crippen LogP) is 1.89. The molecule has 2 atom stereocenters. The van der Waals surface area contributed by atoms with Crippen LogP contribution in [0.25, 0.3) is 0 Å². The number of hydrogen-bond acceptors (Lipinski definition) is 5. The molecule has 0 spiro atoms. The zero-order valence-electron chi connectivity index (χ0n) is 17.3. The maximum atomic E-state index is 12.3. The maximum Gasteiger partial charge on any atom is 0.239 e. The average molecular weight is 398 g/mol. The first kappa shape index (κ1) is 21.3. The van der Waals surface area contributed by atoms with Crippen LogP contribution in [0.15, 0.2) is 48.5 Å². The van der Waals surface area contributed by atoms with E-state index in [-0.39, 0.29) is 12.5 Å². The van der Waals surface area contributed by atoms with E-state index in [2.05, 4.69) is 9.80 Å². The van der Waals surface area contributed by atoms with Gasteiger partial charge in [-0.25, -0.2) is 0 Å². The molecule has 1 amide bonds. The van der Waals surface area contributed by atoms with Gasteiger partial charge < -0.3 is 15.6 Å². The van der Waals surface area contributed by atoms with Crippen molar-refractivity contribution in [3.8, 4) is 5.75 Å². The molecule has 0 aromatic heterocycles. The van der Waals surface area contributed by atoms with Gasteiger partial charge in [-0.3, -0.25) is 14.6 Å². The van der Waals surface area contributed by atoms with E-state index >= 15 is 0 Å². The Morgan fingerprint density at radius 3 is 2.24 bits per heavy atom. The monoisotopic (exact) mass is 397 g/mol. The third kappa shape index (κ3) is 5.56. The van der Waals surface area contributed by atoms with Gasteiger partial charge in [0.1, 0.15) is 24.5 Å². The van der Waals surface area contributed by atoms with E-state index in [0.29, 0.717) is 6.54 Å². The summed E-state index contributed by atoms with van der Waals surface area (Å²) in [6, 6.07) is 15.1. The number of aliphatic hydroxyl groups is 1. The molecule has 2 aromatic rings. The number of carbonyl (C=O) groups is 1. The van der Waals surface area contributed by atoms with E-state index in [9.17, 15) is 9.90 Å². The molecule has 3 rings (SSSR count). The van der Waals surface area contributed by atoms with Crippen molar-refractivity contribution >= 4 is 5.91 Å². The zero-order valence-corrected chi connectivity index (χ0v) is 17.3. The number of piperazine rings is 1. The highest BCUT2D eigenvalue weighted by Crippen LogP contribution is 2.28. The normalized spacial score (nSPS) is 17.6. The van der Waals surface area contributed by atoms with Gasteiger partial charge in [-0.15, -0.1) is 0 Å². The smallest absolute Gasteiger partial charge is 0.239 e. The first-order chi connectivity index (χ1) is 14.0. The van der Waals surface area contributed by atoms with Crippen LogP contribution in [0, 0.1) is 13.8 Å². The van der Waals surface area contributed by atoms with Crippen molar-refractivity contribution in [1.29, 1.82) is 0 Å². The number of para-hydroxylation sites is 1. The lowest BCUT2D eigenvalue weighted by molar-refractivity contribution is -0.124. The first-order valence-corrected chi connectivity index (χ1v) is 10.1. The molecule has 1 heterocycles. The Balaban J connectivity index is 1.54. The summed E-state index contributed by atoms with van der Waals surface area (Å²) in [6.07, 6.45) is -0.563. The van der Waals surface area contributed by atoms with Gasteiger partial charge in [0.05, 0.1) is 0 Å². The molecule has 6 heteroatoms. The van der Waals surface area contributed by atoms with Crippen molar-refractivity contribution in [3.05, 3.63) is 65.2 Å². The number of ether oxygens (including phenoxy) is 1. The first-order valence-electron chi connectivity index (χ1n) is 10.1. The molecule has 156 valence electrons. The van der Waals surface area contributed by atoms with E-state index in [0.717, 1.165) is 48.6 Å². The third-order valence-electron chi connectivity index (χ3n) is 5.51. The number of amides is 1. The van der Waals surface area contributed by atoms with E-state index in [4.69, 9.17) is 10.5 Å². The quantitative estimate of drug-likeness (QED) is 0.711. The number of nitrogens with zero attached hydrogens (tertiary/aromatic N) is 2. The van der Waals surface area contributed by atoms with Crippen LogP contribution in [0.2, 0.25) is 0 Å². The van der Waals surface area contributed by atoms with Gasteiger partial charge in [0.2, 0.25) is 5.91 Å². The van der Waals surface area contributed by atoms with Crippen LogP contribution in [-0.4, -0.2) is 66.2 Å². The lowest BCUT2D eigenvalue weighted by Crippen LogP contribution is -2.52. The van der Waals surface area contributed by atoms with Crippen LogP contribution in [0.4, 0.5) is 0 Å². The molecule has 3 N–H and O–H groups in total. The van der Waals surface area contributed by atoms with Crippen LogP contribution in [-0.2, 0) is 4.79 Å². The second-order valence-electron chi connectivity index (χ2n) is 7.72. The molecule has 1 saturated heterocycles. The third-order valence-corrected chi connectivity index (χ3v) is 5.51. The zero-order chi connectivity index (χ0) is 20.8. The minimum Gasteiger partial charge on any atom is -0.491 e. The Morgan fingerprint density at radius 1 is 1.03 bits per heavy atom. The minimum atomic E-state index is -0.563. The lowest BCUT2D eigenvalue weighted by Gasteiger charge is -2.39. The number of nitrogens with two attached hydrogens (primary N) is 1. The number of benzene rings is 2. The molecule has 1 aliphatic heterocycles. The topological polar surface area (TPSA) is 79.0 Å². The highest BCUT2D eigenvalue weighted by molar-refractivity contribution is 5.82. The number of primary amides is 1. The molecule has 6 nitrogen and oxygen atoms in total. The van der Waals surface area contributed by atoms with Gasteiger partial charge >= 0.3 is 0 Å². The summed E-state index contributed by atoms with van der Waals surface area (Å²) in [5.74, 6) is 0.446. The second-order valence-corrected chi connectivity index (χ2v) is 7.72. The van der Waals surface area contributed by atoms with Crippen LogP contribution in [0.1, 0.15) is 22.7 Å². The Kier molecular flexibility index (Phi) is 7.25. The molecular weight excluding hydrogens is 366 g/mol. The van der Waals surface area contributed by atoms with Crippen molar-refractivity contribution < 1.29 is 14.6 Å². The number of aliphatic hydroxyl groups excluding tert-OH is 1. The van der Waals surface area contributed by atoms with Crippen molar-refractivity contribution in [2.75, 3.05) is 39.3 Å². The van der Waals surface area contributed by atoms with Crippen LogP contribution in [0.5, 0.6) is 5.75 Å². The standard InChI is InChI=1S/C23H31N3O3/c1-17-7-6-8-18(2)21(17)22(23(24)28)26-13-11-25(12-14-26)15-19(27)16-29-20-9-4-3-5-10-20/h3-10,19,22,27H,11-16H2,1-2H3,(H2,24,28). The predicted molar refractivity (Wildman–Crippen MR) is 114 cm³/mol. The van der Waals surface area contributed by atoms with E-state index in [1.165, 1.54) is 0 Å². The minimum absolute atomic E-state index is 0.260. The van der Waals surface area contributed by atoms with Crippen LogP contribution >= 0.6 is 0 Å². The second kappa shape index (κ2) is 9.87. The van der Waals surface area contributed by atoms with Crippen LogP contribution in [0.3, 0.4) is 0 Å². The van der Waals surface area contributed by atoms with Crippen molar-refractivity contribution in [2.45, 2.75) is 26.0 Å².